The van der Waals surface area contributed by atoms with Crippen molar-refractivity contribution in [1.82, 2.24) is 4.90 Å². The van der Waals surface area contributed by atoms with E-state index in [1.807, 2.05) is 0 Å². The fraction of sp³-hybridized carbons (Fsp3) is 1.00. The zero-order valence-electron chi connectivity index (χ0n) is 11.0. The lowest BCUT2D eigenvalue weighted by Gasteiger charge is -2.39. The maximum Gasteiger partial charge on any atom is 0.0589 e. The molecule has 0 spiro atoms. The van der Waals surface area contributed by atoms with Crippen molar-refractivity contribution in [2.75, 3.05) is 20.3 Å². The lowest BCUT2D eigenvalue weighted by molar-refractivity contribution is 0.0382. The van der Waals surface area contributed by atoms with E-state index in [1.54, 1.807) is 7.11 Å². The minimum absolute atomic E-state index is 0.0579. The molecule has 0 radical (unpaired) electrons. The molecule has 0 aromatic rings. The van der Waals surface area contributed by atoms with Gasteiger partial charge in [0, 0.05) is 25.7 Å². The Morgan fingerprint density at radius 3 is 2.44 bits per heavy atom. The minimum atomic E-state index is -0.0579. The van der Waals surface area contributed by atoms with Crippen molar-refractivity contribution in [2.45, 2.75) is 64.1 Å². The highest BCUT2D eigenvalue weighted by Gasteiger charge is 2.26. The summed E-state index contributed by atoms with van der Waals surface area (Å²) in [4.78, 5) is 2.56. The van der Waals surface area contributed by atoms with Crippen LogP contribution < -0.4 is 0 Å². The van der Waals surface area contributed by atoms with Crippen LogP contribution in [0.15, 0.2) is 0 Å². The van der Waals surface area contributed by atoms with Gasteiger partial charge >= 0.3 is 0 Å². The molecule has 0 bridgehead atoms. The van der Waals surface area contributed by atoms with E-state index in [0.717, 1.165) is 38.8 Å². The molecule has 0 saturated heterocycles. The molecular formula is C13H27NO2. The van der Waals surface area contributed by atoms with Crippen LogP contribution in [0.4, 0.5) is 0 Å². The molecule has 0 aromatic carbocycles. The molecule has 3 nitrogen and oxygen atoms in total. The van der Waals surface area contributed by atoms with Gasteiger partial charge in [-0.2, -0.15) is 0 Å². The van der Waals surface area contributed by atoms with Crippen molar-refractivity contribution in [3.63, 3.8) is 0 Å². The lowest BCUT2D eigenvalue weighted by Crippen LogP contribution is -2.45. The van der Waals surface area contributed by atoms with Crippen LogP contribution in [0.1, 0.15) is 46.0 Å². The third-order valence-electron chi connectivity index (χ3n) is 3.85. The van der Waals surface area contributed by atoms with E-state index in [4.69, 9.17) is 4.74 Å². The predicted octanol–water partition coefficient (Wildman–Crippen LogP) is 2.04. The van der Waals surface area contributed by atoms with Crippen LogP contribution in [0.2, 0.25) is 0 Å². The predicted molar refractivity (Wildman–Crippen MR) is 66.6 cm³/mol. The van der Waals surface area contributed by atoms with Gasteiger partial charge < -0.3 is 9.84 Å². The van der Waals surface area contributed by atoms with Gasteiger partial charge in [0.25, 0.3) is 0 Å². The van der Waals surface area contributed by atoms with Crippen LogP contribution in [-0.2, 0) is 4.74 Å². The highest BCUT2D eigenvalue weighted by Crippen LogP contribution is 2.25. The van der Waals surface area contributed by atoms with Gasteiger partial charge in [-0.05, 0) is 39.0 Å². The maximum absolute atomic E-state index is 9.54. The standard InChI is InChI=1S/C13H27NO2/c1-4-11(2)14(9-10-16-3)12-5-7-13(15)8-6-12/h11-13,15H,4-10H2,1-3H3. The summed E-state index contributed by atoms with van der Waals surface area (Å²) >= 11 is 0. The molecule has 1 saturated carbocycles. The highest BCUT2D eigenvalue weighted by molar-refractivity contribution is 4.82. The average Bonchev–Trinajstić information content (AvgIpc) is 2.31. The van der Waals surface area contributed by atoms with Crippen LogP contribution in [0.25, 0.3) is 0 Å². The van der Waals surface area contributed by atoms with E-state index < -0.39 is 0 Å². The number of hydrogen-bond acceptors (Lipinski definition) is 3. The Morgan fingerprint density at radius 2 is 1.94 bits per heavy atom. The average molecular weight is 229 g/mol. The molecule has 0 aliphatic heterocycles. The summed E-state index contributed by atoms with van der Waals surface area (Å²) in [5, 5.41) is 9.54. The SMILES string of the molecule is CCC(C)N(CCOC)C1CCC(O)CC1. The van der Waals surface area contributed by atoms with Crippen LogP contribution in [0.3, 0.4) is 0 Å². The van der Waals surface area contributed by atoms with Crippen molar-refractivity contribution < 1.29 is 9.84 Å². The molecule has 1 aliphatic carbocycles. The first-order valence-electron chi connectivity index (χ1n) is 6.61. The van der Waals surface area contributed by atoms with E-state index >= 15 is 0 Å². The minimum Gasteiger partial charge on any atom is -0.393 e. The van der Waals surface area contributed by atoms with Gasteiger partial charge in [-0.3, -0.25) is 4.90 Å². The van der Waals surface area contributed by atoms with Crippen LogP contribution in [0, 0.1) is 0 Å². The Bertz CT molecular complexity index is 179. The van der Waals surface area contributed by atoms with Gasteiger partial charge in [-0.15, -0.1) is 0 Å². The molecule has 0 heterocycles. The summed E-state index contributed by atoms with van der Waals surface area (Å²) in [6.45, 7) is 6.36. The van der Waals surface area contributed by atoms with E-state index in [1.165, 1.54) is 6.42 Å². The van der Waals surface area contributed by atoms with Gasteiger partial charge in [-0.1, -0.05) is 6.92 Å². The summed E-state index contributed by atoms with van der Waals surface area (Å²) in [6, 6.07) is 1.27. The summed E-state index contributed by atoms with van der Waals surface area (Å²) in [5.74, 6) is 0. The monoisotopic (exact) mass is 229 g/mol. The third-order valence-corrected chi connectivity index (χ3v) is 3.85. The molecule has 96 valence electrons. The molecule has 0 amide bonds. The Morgan fingerprint density at radius 1 is 1.31 bits per heavy atom. The maximum atomic E-state index is 9.54. The second-order valence-electron chi connectivity index (χ2n) is 4.95. The normalized spacial score (nSPS) is 28.3. The molecule has 1 N–H and O–H groups in total. The summed E-state index contributed by atoms with van der Waals surface area (Å²) < 4.78 is 5.19. The van der Waals surface area contributed by atoms with Gasteiger partial charge in [-0.25, -0.2) is 0 Å². The van der Waals surface area contributed by atoms with Crippen molar-refractivity contribution in [3.8, 4) is 0 Å². The molecule has 1 unspecified atom stereocenters. The first-order chi connectivity index (χ1) is 7.69. The summed E-state index contributed by atoms with van der Waals surface area (Å²) in [5.41, 5.74) is 0. The largest absolute Gasteiger partial charge is 0.393 e. The van der Waals surface area contributed by atoms with E-state index in [9.17, 15) is 5.11 Å². The molecule has 16 heavy (non-hydrogen) atoms. The topological polar surface area (TPSA) is 32.7 Å². The molecule has 0 aromatic heterocycles. The zero-order valence-corrected chi connectivity index (χ0v) is 11.0. The number of nitrogens with zero attached hydrogens (tertiary/aromatic N) is 1. The van der Waals surface area contributed by atoms with Gasteiger partial charge in [0.1, 0.15) is 0 Å². The fourth-order valence-corrected chi connectivity index (χ4v) is 2.58. The van der Waals surface area contributed by atoms with Crippen molar-refractivity contribution in [3.05, 3.63) is 0 Å². The second-order valence-corrected chi connectivity index (χ2v) is 4.95. The molecule has 1 fully saturated rings. The number of rotatable bonds is 6. The van der Waals surface area contributed by atoms with Crippen molar-refractivity contribution in [1.29, 1.82) is 0 Å². The van der Waals surface area contributed by atoms with E-state index in [0.29, 0.717) is 12.1 Å². The molecule has 3 heteroatoms. The summed E-state index contributed by atoms with van der Waals surface area (Å²) in [6.07, 6.45) is 5.32. The van der Waals surface area contributed by atoms with Crippen molar-refractivity contribution in [2.24, 2.45) is 0 Å². The molecule has 1 aliphatic rings. The molecular weight excluding hydrogens is 202 g/mol. The number of hydrogen-bond donors (Lipinski definition) is 1. The summed E-state index contributed by atoms with van der Waals surface area (Å²) in [7, 11) is 1.76. The van der Waals surface area contributed by atoms with Crippen LogP contribution in [0.5, 0.6) is 0 Å². The van der Waals surface area contributed by atoms with Gasteiger partial charge in [0.2, 0.25) is 0 Å². The Hall–Kier alpha value is -0.120. The molecule has 1 rings (SSSR count). The highest BCUT2D eigenvalue weighted by atomic mass is 16.5. The lowest BCUT2D eigenvalue weighted by atomic mass is 9.91. The second kappa shape index (κ2) is 7.25. The third kappa shape index (κ3) is 4.04. The Kier molecular flexibility index (Phi) is 6.32. The first kappa shape index (κ1) is 13.9. The first-order valence-corrected chi connectivity index (χ1v) is 6.61. The van der Waals surface area contributed by atoms with E-state index in [-0.39, 0.29) is 6.10 Å². The Balaban J connectivity index is 2.47. The van der Waals surface area contributed by atoms with Crippen molar-refractivity contribution >= 4 is 0 Å². The quantitative estimate of drug-likeness (QED) is 0.756. The van der Waals surface area contributed by atoms with Gasteiger partial charge in [0.15, 0.2) is 0 Å². The fourth-order valence-electron chi connectivity index (χ4n) is 2.58. The zero-order chi connectivity index (χ0) is 12.0. The number of methoxy groups -OCH3 is 1. The van der Waals surface area contributed by atoms with E-state index in [2.05, 4.69) is 18.7 Å². The van der Waals surface area contributed by atoms with Crippen LogP contribution >= 0.6 is 0 Å². The number of aliphatic hydroxyl groups is 1. The smallest absolute Gasteiger partial charge is 0.0589 e. The molecule has 1 atom stereocenters. The number of ether oxygens (including phenoxy) is 1. The van der Waals surface area contributed by atoms with Crippen LogP contribution in [-0.4, -0.2) is 48.5 Å². The number of aliphatic hydroxyl groups excluding tert-OH is 1. The Labute approximate surface area is 99.8 Å². The van der Waals surface area contributed by atoms with Gasteiger partial charge in [0.05, 0.1) is 12.7 Å².